The molecule has 0 saturated heterocycles. The molecule has 29 heavy (non-hydrogen) atoms. The van der Waals surface area contributed by atoms with Gasteiger partial charge in [0.15, 0.2) is 11.2 Å². The van der Waals surface area contributed by atoms with Gasteiger partial charge >= 0.3 is 5.69 Å². The number of pyridine rings is 1. The molecule has 0 atom stereocenters. The maximum atomic E-state index is 13.3. The molecule has 10 nitrogen and oxygen atoms in total. The first-order valence-corrected chi connectivity index (χ1v) is 9.10. The first-order valence-electron chi connectivity index (χ1n) is 9.10. The van der Waals surface area contributed by atoms with Gasteiger partial charge in [-0.2, -0.15) is 4.98 Å². The maximum Gasteiger partial charge on any atom is 0.332 e. The predicted octanol–water partition coefficient (Wildman–Crippen LogP) is -0.660. The normalized spacial score (nSPS) is 10.8. The lowest BCUT2D eigenvalue weighted by Crippen LogP contribution is -2.40. The molecular weight excluding hydrogens is 372 g/mol. The quantitative estimate of drug-likeness (QED) is 0.529. The number of aromatic nitrogens is 5. The van der Waals surface area contributed by atoms with Gasteiger partial charge in [0, 0.05) is 33.4 Å². The molecule has 0 aliphatic carbocycles. The summed E-state index contributed by atoms with van der Waals surface area (Å²) in [6, 6.07) is 3.37. The van der Waals surface area contributed by atoms with Gasteiger partial charge in [0.05, 0.1) is 24.5 Å². The largest absolute Gasteiger partial charge is 0.397 e. The number of aryl methyl sites for hydroxylation is 1. The fourth-order valence-electron chi connectivity index (χ4n) is 3.12. The van der Waals surface area contributed by atoms with Crippen LogP contribution in [0.2, 0.25) is 0 Å². The molecule has 0 fully saturated rings. The zero-order valence-corrected chi connectivity index (χ0v) is 16.7. The number of hydrogen-bond acceptors (Lipinski definition) is 7. The highest BCUT2D eigenvalue weighted by atomic mass is 16.2. The molecule has 0 bridgehead atoms. The monoisotopic (exact) mass is 396 g/mol. The summed E-state index contributed by atoms with van der Waals surface area (Å²) in [5.41, 5.74) is 12.1. The summed E-state index contributed by atoms with van der Waals surface area (Å²) >= 11 is 0. The second-order valence-electron chi connectivity index (χ2n) is 6.58. The Hall–Kier alpha value is -3.58. The lowest BCUT2D eigenvalue weighted by atomic mass is 10.3. The van der Waals surface area contributed by atoms with E-state index in [1.165, 1.54) is 4.57 Å². The summed E-state index contributed by atoms with van der Waals surface area (Å²) in [6.07, 6.45) is 1.57. The molecule has 0 spiro atoms. The number of nitrogen functional groups attached to an aromatic ring is 1. The Morgan fingerprint density at radius 1 is 1.28 bits per heavy atom. The van der Waals surface area contributed by atoms with E-state index in [0.29, 0.717) is 41.6 Å². The second kappa shape index (κ2) is 8.20. The summed E-state index contributed by atoms with van der Waals surface area (Å²) in [5, 5.41) is 0. The highest BCUT2D eigenvalue weighted by Crippen LogP contribution is 2.18. The zero-order valence-electron chi connectivity index (χ0n) is 16.7. The number of imidazole rings is 1. The Morgan fingerprint density at radius 2 is 2.03 bits per heavy atom. The Balaban J connectivity index is 2.30. The standard InChI is InChI=1S/C19H24N8O2/c1-4-5-10-26-15-16(23-18(26)24(2)11-8-20)25(3)19(29)27(17(15)28)12-14-13(21)7-6-9-22-14/h6-7,9H,8,10-12,20-21H2,1-3H3. The second-order valence-corrected chi connectivity index (χ2v) is 6.58. The molecule has 10 heteroatoms. The molecule has 0 amide bonds. The highest BCUT2D eigenvalue weighted by molar-refractivity contribution is 5.74. The predicted molar refractivity (Wildman–Crippen MR) is 113 cm³/mol. The van der Waals surface area contributed by atoms with Crippen LogP contribution in [-0.4, -0.2) is 43.8 Å². The Morgan fingerprint density at radius 3 is 2.69 bits per heavy atom. The third-order valence-corrected chi connectivity index (χ3v) is 4.67. The van der Waals surface area contributed by atoms with E-state index < -0.39 is 11.2 Å². The molecule has 0 aromatic carbocycles. The molecule has 0 aliphatic rings. The lowest BCUT2D eigenvalue weighted by molar-refractivity contribution is 0.645. The minimum absolute atomic E-state index is 0.0350. The van der Waals surface area contributed by atoms with E-state index in [9.17, 15) is 9.59 Å². The summed E-state index contributed by atoms with van der Waals surface area (Å²) in [4.78, 5) is 36.8. The average Bonchev–Trinajstić information content (AvgIpc) is 3.09. The Labute approximate surface area is 167 Å². The van der Waals surface area contributed by atoms with Gasteiger partial charge in [0.1, 0.15) is 0 Å². The van der Waals surface area contributed by atoms with E-state index >= 15 is 0 Å². The molecule has 3 aromatic heterocycles. The molecule has 0 saturated carbocycles. The Bertz CT molecular complexity index is 1230. The molecule has 3 rings (SSSR count). The highest BCUT2D eigenvalue weighted by Gasteiger charge is 2.22. The van der Waals surface area contributed by atoms with Crippen LogP contribution < -0.4 is 27.6 Å². The molecule has 0 unspecified atom stereocenters. The van der Waals surface area contributed by atoms with E-state index in [4.69, 9.17) is 11.5 Å². The Kier molecular flexibility index (Phi) is 5.70. The van der Waals surface area contributed by atoms with Crippen molar-refractivity contribution in [2.45, 2.75) is 20.0 Å². The average molecular weight is 396 g/mol. The topological polar surface area (TPSA) is 130 Å². The van der Waals surface area contributed by atoms with Crippen molar-refractivity contribution in [2.75, 3.05) is 30.8 Å². The lowest BCUT2D eigenvalue weighted by Gasteiger charge is -2.17. The zero-order chi connectivity index (χ0) is 21.1. The molecular formula is C19H24N8O2. The number of nitrogens with zero attached hydrogens (tertiary/aromatic N) is 6. The van der Waals surface area contributed by atoms with Crippen molar-refractivity contribution in [3.8, 4) is 11.8 Å². The van der Waals surface area contributed by atoms with Crippen molar-refractivity contribution in [1.82, 2.24) is 23.7 Å². The number of hydrogen-bond donors (Lipinski definition) is 2. The van der Waals surface area contributed by atoms with Crippen LogP contribution in [0.25, 0.3) is 11.2 Å². The third-order valence-electron chi connectivity index (χ3n) is 4.67. The van der Waals surface area contributed by atoms with Crippen molar-refractivity contribution in [1.29, 1.82) is 0 Å². The minimum Gasteiger partial charge on any atom is -0.397 e. The first kappa shape index (κ1) is 20.2. The van der Waals surface area contributed by atoms with E-state index in [1.807, 2.05) is 11.9 Å². The van der Waals surface area contributed by atoms with Gasteiger partial charge in [-0.15, -0.1) is 5.92 Å². The van der Waals surface area contributed by atoms with Crippen LogP contribution in [0, 0.1) is 11.8 Å². The molecule has 4 N–H and O–H groups in total. The number of rotatable bonds is 6. The third kappa shape index (κ3) is 3.60. The van der Waals surface area contributed by atoms with Crippen LogP contribution in [0.15, 0.2) is 27.9 Å². The van der Waals surface area contributed by atoms with Gasteiger partial charge < -0.3 is 16.4 Å². The number of likely N-dealkylation sites (N-methyl/N-ethyl adjacent to an activating group) is 1. The van der Waals surface area contributed by atoms with Crippen LogP contribution in [0.5, 0.6) is 0 Å². The van der Waals surface area contributed by atoms with Crippen LogP contribution in [0.1, 0.15) is 12.6 Å². The van der Waals surface area contributed by atoms with Crippen molar-refractivity contribution in [3.63, 3.8) is 0 Å². The number of anilines is 2. The van der Waals surface area contributed by atoms with Crippen LogP contribution in [0.3, 0.4) is 0 Å². The van der Waals surface area contributed by atoms with Gasteiger partial charge in [0.2, 0.25) is 5.95 Å². The summed E-state index contributed by atoms with van der Waals surface area (Å²) in [7, 11) is 3.41. The molecule has 3 aromatic rings. The van der Waals surface area contributed by atoms with Gasteiger partial charge in [-0.1, -0.05) is 5.92 Å². The van der Waals surface area contributed by atoms with Crippen LogP contribution in [-0.2, 0) is 20.1 Å². The van der Waals surface area contributed by atoms with Crippen molar-refractivity contribution < 1.29 is 0 Å². The van der Waals surface area contributed by atoms with Gasteiger partial charge in [0.25, 0.3) is 5.56 Å². The number of fused-ring (bicyclic) bond motifs is 1. The van der Waals surface area contributed by atoms with E-state index in [2.05, 4.69) is 21.8 Å². The van der Waals surface area contributed by atoms with Crippen LogP contribution >= 0.6 is 0 Å². The number of nitrogens with two attached hydrogens (primary N) is 2. The fourth-order valence-corrected chi connectivity index (χ4v) is 3.12. The maximum absolute atomic E-state index is 13.3. The molecule has 3 heterocycles. The van der Waals surface area contributed by atoms with E-state index in [0.717, 1.165) is 4.57 Å². The SMILES string of the molecule is CC#CCn1c(N(C)CCN)nc2c1c(=O)n(Cc1ncccc1N)c(=O)n2C. The van der Waals surface area contributed by atoms with Gasteiger partial charge in [-0.25, -0.2) is 4.79 Å². The van der Waals surface area contributed by atoms with E-state index in [1.54, 1.807) is 36.9 Å². The fraction of sp³-hybridized carbons (Fsp3) is 0.368. The summed E-state index contributed by atoms with van der Waals surface area (Å²) in [5.74, 6) is 6.32. The van der Waals surface area contributed by atoms with Crippen molar-refractivity contribution >= 4 is 22.8 Å². The first-order chi connectivity index (χ1) is 13.9. The summed E-state index contributed by atoms with van der Waals surface area (Å²) in [6.45, 7) is 2.90. The van der Waals surface area contributed by atoms with Crippen LogP contribution in [0.4, 0.5) is 11.6 Å². The van der Waals surface area contributed by atoms with Crippen molar-refractivity contribution in [3.05, 3.63) is 44.9 Å². The molecule has 0 radical (unpaired) electrons. The van der Waals surface area contributed by atoms with E-state index in [-0.39, 0.29) is 13.1 Å². The molecule has 152 valence electrons. The molecule has 0 aliphatic heterocycles. The smallest absolute Gasteiger partial charge is 0.332 e. The van der Waals surface area contributed by atoms with Gasteiger partial charge in [-0.3, -0.25) is 23.5 Å². The van der Waals surface area contributed by atoms with Gasteiger partial charge in [-0.05, 0) is 19.1 Å². The minimum atomic E-state index is -0.494. The van der Waals surface area contributed by atoms with Crippen molar-refractivity contribution in [2.24, 2.45) is 12.8 Å². The summed E-state index contributed by atoms with van der Waals surface area (Å²) < 4.78 is 4.18.